The third kappa shape index (κ3) is 4.11. The molecule has 3 nitrogen and oxygen atoms in total. The third-order valence-electron chi connectivity index (χ3n) is 3.14. The predicted molar refractivity (Wildman–Crippen MR) is 80.3 cm³/mol. The molecule has 0 amide bonds. The van der Waals surface area contributed by atoms with Gasteiger partial charge in [0.2, 0.25) is 0 Å². The molecule has 2 aromatic rings. The van der Waals surface area contributed by atoms with Crippen molar-refractivity contribution in [3.8, 4) is 6.07 Å². The van der Waals surface area contributed by atoms with Gasteiger partial charge in [-0.15, -0.1) is 0 Å². The minimum Gasteiger partial charge on any atom is -0.387 e. The van der Waals surface area contributed by atoms with Crippen molar-refractivity contribution in [1.82, 2.24) is 0 Å². The maximum atomic E-state index is 9.80. The Hall–Kier alpha value is -2.31. The van der Waals surface area contributed by atoms with Gasteiger partial charge >= 0.3 is 0 Å². The van der Waals surface area contributed by atoms with Crippen LogP contribution in [-0.4, -0.2) is 11.7 Å². The molecule has 2 rings (SSSR count). The molecule has 0 heterocycles. The predicted octanol–water partition coefficient (Wildman–Crippen LogP) is 3.29. The number of hydrogen-bond acceptors (Lipinski definition) is 3. The molecule has 0 saturated heterocycles. The molecule has 0 spiro atoms. The van der Waals surface area contributed by atoms with Crippen molar-refractivity contribution in [2.45, 2.75) is 18.9 Å². The van der Waals surface area contributed by atoms with Crippen LogP contribution in [0.5, 0.6) is 0 Å². The molecule has 20 heavy (non-hydrogen) atoms. The summed E-state index contributed by atoms with van der Waals surface area (Å²) in [7, 11) is 0. The second-order valence-electron chi connectivity index (χ2n) is 4.67. The maximum absolute atomic E-state index is 9.80. The normalized spacial score (nSPS) is 11.6. The molecular weight excluding hydrogens is 248 g/mol. The highest BCUT2D eigenvalue weighted by molar-refractivity contribution is 5.46. The van der Waals surface area contributed by atoms with Gasteiger partial charge in [-0.3, -0.25) is 0 Å². The fourth-order valence-corrected chi connectivity index (χ4v) is 2.06. The van der Waals surface area contributed by atoms with Crippen LogP contribution >= 0.6 is 0 Å². The highest BCUT2D eigenvalue weighted by atomic mass is 16.3. The Kier molecular flexibility index (Phi) is 5.16. The van der Waals surface area contributed by atoms with E-state index in [1.165, 1.54) is 5.56 Å². The van der Waals surface area contributed by atoms with Crippen LogP contribution in [-0.2, 0) is 6.42 Å². The van der Waals surface area contributed by atoms with E-state index < -0.39 is 6.10 Å². The Morgan fingerprint density at radius 3 is 2.65 bits per heavy atom. The van der Waals surface area contributed by atoms with E-state index in [0.29, 0.717) is 0 Å². The summed E-state index contributed by atoms with van der Waals surface area (Å²) in [5, 5.41) is 21.7. The molecule has 2 N–H and O–H groups in total. The molecule has 1 atom stereocenters. The van der Waals surface area contributed by atoms with Gasteiger partial charge in [-0.2, -0.15) is 5.26 Å². The van der Waals surface area contributed by atoms with E-state index >= 15 is 0 Å². The second kappa shape index (κ2) is 7.32. The van der Waals surface area contributed by atoms with Gasteiger partial charge in [0.25, 0.3) is 0 Å². The molecule has 0 bridgehead atoms. The maximum Gasteiger partial charge on any atom is 0.0920 e. The molecule has 0 radical (unpaired) electrons. The standard InChI is InChI=1S/C17H18N2O/c18-11-9-17(20)15-7-4-8-16(13-15)19-12-10-14-5-2-1-3-6-14/h1-8,13,17,19-20H,9-10,12H2. The van der Waals surface area contributed by atoms with Crippen LogP contribution in [0.3, 0.4) is 0 Å². The molecule has 0 fully saturated rings. The van der Waals surface area contributed by atoms with E-state index in [0.717, 1.165) is 24.2 Å². The summed E-state index contributed by atoms with van der Waals surface area (Å²) in [6.45, 7) is 0.835. The molecule has 3 heteroatoms. The van der Waals surface area contributed by atoms with Crippen LogP contribution in [0.2, 0.25) is 0 Å². The highest BCUT2D eigenvalue weighted by Gasteiger charge is 2.06. The Labute approximate surface area is 119 Å². The van der Waals surface area contributed by atoms with E-state index in [9.17, 15) is 5.11 Å². The van der Waals surface area contributed by atoms with Crippen molar-refractivity contribution in [3.05, 3.63) is 65.7 Å². The van der Waals surface area contributed by atoms with Crippen molar-refractivity contribution < 1.29 is 5.11 Å². The highest BCUT2D eigenvalue weighted by Crippen LogP contribution is 2.19. The Morgan fingerprint density at radius 1 is 1.10 bits per heavy atom. The Morgan fingerprint density at radius 2 is 1.90 bits per heavy atom. The number of nitriles is 1. The zero-order chi connectivity index (χ0) is 14.2. The van der Waals surface area contributed by atoms with E-state index in [1.807, 2.05) is 48.5 Å². The Bertz CT molecular complexity index is 575. The lowest BCUT2D eigenvalue weighted by atomic mass is 10.1. The van der Waals surface area contributed by atoms with Crippen LogP contribution < -0.4 is 5.32 Å². The van der Waals surface area contributed by atoms with E-state index in [2.05, 4.69) is 17.4 Å². The van der Waals surface area contributed by atoms with Gasteiger partial charge in [0.1, 0.15) is 0 Å². The molecule has 2 aromatic carbocycles. The van der Waals surface area contributed by atoms with Gasteiger partial charge in [0.15, 0.2) is 0 Å². The molecular formula is C17H18N2O. The summed E-state index contributed by atoms with van der Waals surface area (Å²) in [5.41, 5.74) is 3.03. The molecule has 0 aliphatic heterocycles. The minimum atomic E-state index is -0.712. The number of nitrogens with zero attached hydrogens (tertiary/aromatic N) is 1. The van der Waals surface area contributed by atoms with E-state index in [-0.39, 0.29) is 6.42 Å². The van der Waals surface area contributed by atoms with Crippen LogP contribution in [0, 0.1) is 11.3 Å². The average Bonchev–Trinajstić information content (AvgIpc) is 2.49. The molecule has 1 unspecified atom stereocenters. The molecule has 0 aliphatic rings. The van der Waals surface area contributed by atoms with Gasteiger partial charge in [-0.1, -0.05) is 42.5 Å². The first-order valence-corrected chi connectivity index (χ1v) is 6.72. The number of nitrogens with one attached hydrogen (secondary N) is 1. The first-order valence-electron chi connectivity index (χ1n) is 6.72. The van der Waals surface area contributed by atoms with Crippen molar-refractivity contribution >= 4 is 5.69 Å². The zero-order valence-corrected chi connectivity index (χ0v) is 11.3. The van der Waals surface area contributed by atoms with Gasteiger partial charge in [0, 0.05) is 12.2 Å². The van der Waals surface area contributed by atoms with Crippen LogP contribution in [0.1, 0.15) is 23.7 Å². The number of benzene rings is 2. The van der Waals surface area contributed by atoms with Gasteiger partial charge in [-0.25, -0.2) is 0 Å². The molecule has 0 aliphatic carbocycles. The number of hydrogen-bond donors (Lipinski definition) is 2. The lowest BCUT2D eigenvalue weighted by molar-refractivity contribution is 0.183. The SMILES string of the molecule is N#CCC(O)c1cccc(NCCc2ccccc2)c1. The summed E-state index contributed by atoms with van der Waals surface area (Å²) in [4.78, 5) is 0. The van der Waals surface area contributed by atoms with Gasteiger partial charge in [-0.05, 0) is 29.7 Å². The largest absolute Gasteiger partial charge is 0.387 e. The van der Waals surface area contributed by atoms with Crippen molar-refractivity contribution in [1.29, 1.82) is 5.26 Å². The summed E-state index contributed by atoms with van der Waals surface area (Å²) in [5.74, 6) is 0. The third-order valence-corrected chi connectivity index (χ3v) is 3.14. The summed E-state index contributed by atoms with van der Waals surface area (Å²) >= 11 is 0. The smallest absolute Gasteiger partial charge is 0.0920 e. The number of aliphatic hydroxyl groups is 1. The molecule has 0 aromatic heterocycles. The van der Waals surface area contributed by atoms with Gasteiger partial charge < -0.3 is 10.4 Å². The minimum absolute atomic E-state index is 0.119. The number of rotatable bonds is 6. The quantitative estimate of drug-likeness (QED) is 0.843. The lowest BCUT2D eigenvalue weighted by Gasteiger charge is -2.11. The first-order chi connectivity index (χ1) is 9.79. The topological polar surface area (TPSA) is 56.0 Å². The fourth-order valence-electron chi connectivity index (χ4n) is 2.06. The van der Waals surface area contributed by atoms with Crippen molar-refractivity contribution in [2.75, 3.05) is 11.9 Å². The van der Waals surface area contributed by atoms with Gasteiger partial charge in [0.05, 0.1) is 18.6 Å². The average molecular weight is 266 g/mol. The van der Waals surface area contributed by atoms with Crippen LogP contribution in [0.4, 0.5) is 5.69 Å². The number of anilines is 1. The van der Waals surface area contributed by atoms with E-state index in [1.54, 1.807) is 0 Å². The zero-order valence-electron chi connectivity index (χ0n) is 11.3. The van der Waals surface area contributed by atoms with Crippen LogP contribution in [0.15, 0.2) is 54.6 Å². The number of aliphatic hydroxyl groups excluding tert-OH is 1. The van der Waals surface area contributed by atoms with Crippen LogP contribution in [0.25, 0.3) is 0 Å². The monoisotopic (exact) mass is 266 g/mol. The summed E-state index contributed by atoms with van der Waals surface area (Å²) < 4.78 is 0. The Balaban J connectivity index is 1.90. The molecule has 102 valence electrons. The summed E-state index contributed by atoms with van der Waals surface area (Å²) in [6, 6.07) is 19.9. The lowest BCUT2D eigenvalue weighted by Crippen LogP contribution is -2.05. The fraction of sp³-hybridized carbons (Fsp3) is 0.235. The second-order valence-corrected chi connectivity index (χ2v) is 4.67. The van der Waals surface area contributed by atoms with Crippen molar-refractivity contribution in [2.24, 2.45) is 0 Å². The molecule has 0 saturated carbocycles. The van der Waals surface area contributed by atoms with E-state index in [4.69, 9.17) is 5.26 Å². The summed E-state index contributed by atoms with van der Waals surface area (Å²) in [6.07, 6.45) is 0.357. The first kappa shape index (κ1) is 14.1. The van der Waals surface area contributed by atoms with Crippen molar-refractivity contribution in [3.63, 3.8) is 0 Å².